The van der Waals surface area contributed by atoms with E-state index >= 15 is 0 Å². The average Bonchev–Trinajstić information content (AvgIpc) is 3.46. The predicted molar refractivity (Wildman–Crippen MR) is 105 cm³/mol. The van der Waals surface area contributed by atoms with E-state index in [-0.39, 0.29) is 5.56 Å². The van der Waals surface area contributed by atoms with Gasteiger partial charge < -0.3 is 0 Å². The molecule has 1 aliphatic carbocycles. The molecule has 4 aromatic rings. The maximum Gasteiger partial charge on any atom is 0.293 e. The largest absolute Gasteiger partial charge is 0.293 e. The normalized spacial score (nSPS) is 13.9. The fraction of sp³-hybridized carbons (Fsp3) is 0.227. The van der Waals surface area contributed by atoms with E-state index in [0.29, 0.717) is 18.0 Å². The quantitative estimate of drug-likeness (QED) is 0.548. The molecule has 2 aromatic heterocycles. The Morgan fingerprint density at radius 1 is 0.963 bits per heavy atom. The van der Waals surface area contributed by atoms with Crippen molar-refractivity contribution in [3.8, 4) is 5.69 Å². The van der Waals surface area contributed by atoms with Crippen LogP contribution in [0.2, 0.25) is 0 Å². The lowest BCUT2D eigenvalue weighted by Crippen LogP contribution is -2.27. The molecule has 0 amide bonds. The van der Waals surface area contributed by atoms with Gasteiger partial charge in [0.1, 0.15) is 5.52 Å². The van der Waals surface area contributed by atoms with Crippen LogP contribution in [0.25, 0.3) is 16.6 Å². The smallest absolute Gasteiger partial charge is 0.265 e. The molecule has 0 aliphatic heterocycles. The second-order valence-electron chi connectivity index (χ2n) is 7.08. The Morgan fingerprint density at radius 2 is 1.67 bits per heavy atom. The first-order valence-electron chi connectivity index (χ1n) is 9.39. The van der Waals surface area contributed by atoms with Crippen molar-refractivity contribution >= 4 is 10.9 Å². The number of hydrogen-bond acceptors (Lipinski definition) is 3. The summed E-state index contributed by atoms with van der Waals surface area (Å²) < 4.78 is 3.38. The van der Waals surface area contributed by atoms with Crippen LogP contribution in [0.5, 0.6) is 0 Å². The second kappa shape index (κ2) is 6.50. The lowest BCUT2D eigenvalue weighted by atomic mass is 10.1. The molecular formula is C22H20N4O. The third-order valence-electron chi connectivity index (χ3n) is 5.13. The maximum atomic E-state index is 13.2. The fourth-order valence-corrected chi connectivity index (χ4v) is 3.55. The van der Waals surface area contributed by atoms with Gasteiger partial charge in [0.25, 0.3) is 5.56 Å². The van der Waals surface area contributed by atoms with Crippen LogP contribution in [-0.4, -0.2) is 19.6 Å². The summed E-state index contributed by atoms with van der Waals surface area (Å²) in [7, 11) is 0. The molecule has 5 heteroatoms. The molecule has 27 heavy (non-hydrogen) atoms. The van der Waals surface area contributed by atoms with Gasteiger partial charge in [0.15, 0.2) is 0 Å². The van der Waals surface area contributed by atoms with Gasteiger partial charge in [-0.05, 0) is 37.0 Å². The van der Waals surface area contributed by atoms with Crippen molar-refractivity contribution in [1.29, 1.82) is 0 Å². The summed E-state index contributed by atoms with van der Waals surface area (Å²) in [5.74, 6) is 0.449. The first-order valence-corrected chi connectivity index (χ1v) is 9.39. The molecule has 0 saturated heterocycles. The van der Waals surface area contributed by atoms with Crippen LogP contribution < -0.4 is 5.56 Å². The van der Waals surface area contributed by atoms with Crippen LogP contribution in [0.4, 0.5) is 0 Å². The van der Waals surface area contributed by atoms with E-state index in [0.717, 1.165) is 36.0 Å². The summed E-state index contributed by atoms with van der Waals surface area (Å²) in [5, 5.41) is 10.1. The zero-order valence-corrected chi connectivity index (χ0v) is 15.0. The number of hydrogen-bond donors (Lipinski definition) is 0. The molecule has 134 valence electrons. The van der Waals surface area contributed by atoms with Crippen molar-refractivity contribution in [3.63, 3.8) is 0 Å². The molecule has 5 rings (SSSR count). The van der Waals surface area contributed by atoms with Gasteiger partial charge in [-0.2, -0.15) is 10.2 Å². The Morgan fingerprint density at radius 3 is 2.37 bits per heavy atom. The van der Waals surface area contributed by atoms with Crippen LogP contribution in [0, 0.1) is 0 Å². The summed E-state index contributed by atoms with van der Waals surface area (Å²) in [6.07, 6.45) is 4.85. The third kappa shape index (κ3) is 2.95. The summed E-state index contributed by atoms with van der Waals surface area (Å²) in [4.78, 5) is 13.2. The van der Waals surface area contributed by atoms with Gasteiger partial charge in [-0.3, -0.25) is 4.79 Å². The molecular weight excluding hydrogens is 336 g/mol. The number of aromatic nitrogens is 4. The molecule has 0 spiro atoms. The van der Waals surface area contributed by atoms with Gasteiger partial charge >= 0.3 is 0 Å². The summed E-state index contributed by atoms with van der Waals surface area (Å²) in [6.45, 7) is 0.568. The van der Waals surface area contributed by atoms with Crippen LogP contribution in [0.15, 0.2) is 71.7 Å². The number of rotatable bonds is 5. The minimum absolute atomic E-state index is 0.0771. The molecule has 2 aromatic carbocycles. The van der Waals surface area contributed by atoms with Crippen molar-refractivity contribution in [2.75, 3.05) is 0 Å². The van der Waals surface area contributed by atoms with E-state index in [1.807, 2.05) is 48.5 Å². The van der Waals surface area contributed by atoms with Crippen molar-refractivity contribution in [2.45, 2.75) is 31.7 Å². The Labute approximate surface area is 156 Å². The Balaban J connectivity index is 1.63. The molecule has 0 radical (unpaired) electrons. The van der Waals surface area contributed by atoms with Gasteiger partial charge in [-0.1, -0.05) is 48.5 Å². The first-order chi connectivity index (χ1) is 13.3. The Bertz CT molecular complexity index is 1140. The molecule has 0 bridgehead atoms. The second-order valence-corrected chi connectivity index (χ2v) is 7.08. The molecule has 0 N–H and O–H groups in total. The average molecular weight is 356 g/mol. The van der Waals surface area contributed by atoms with E-state index in [4.69, 9.17) is 5.10 Å². The van der Waals surface area contributed by atoms with E-state index in [1.165, 1.54) is 5.56 Å². The highest BCUT2D eigenvalue weighted by atomic mass is 16.1. The number of fused-ring (bicyclic) bond motifs is 1. The number of nitrogens with zero attached hydrogens (tertiary/aromatic N) is 4. The van der Waals surface area contributed by atoms with Gasteiger partial charge in [0.2, 0.25) is 0 Å². The highest BCUT2D eigenvalue weighted by Crippen LogP contribution is 2.41. The highest BCUT2D eigenvalue weighted by Gasteiger charge is 2.30. The van der Waals surface area contributed by atoms with Crippen molar-refractivity contribution in [1.82, 2.24) is 19.6 Å². The highest BCUT2D eigenvalue weighted by molar-refractivity contribution is 5.82. The van der Waals surface area contributed by atoms with Crippen molar-refractivity contribution in [2.24, 2.45) is 0 Å². The molecule has 0 atom stereocenters. The first kappa shape index (κ1) is 16.0. The van der Waals surface area contributed by atoms with Crippen LogP contribution in [-0.2, 0) is 13.0 Å². The summed E-state index contributed by atoms with van der Waals surface area (Å²) in [5.41, 5.74) is 3.67. The van der Waals surface area contributed by atoms with Crippen LogP contribution in [0.1, 0.15) is 30.0 Å². The number of aryl methyl sites for hydroxylation is 2. The number of para-hydroxylation sites is 1. The zero-order chi connectivity index (χ0) is 18.2. The molecule has 1 fully saturated rings. The van der Waals surface area contributed by atoms with Gasteiger partial charge in [0, 0.05) is 17.8 Å². The Kier molecular flexibility index (Phi) is 3.85. The van der Waals surface area contributed by atoms with Gasteiger partial charge in [-0.15, -0.1) is 0 Å². The lowest BCUT2D eigenvalue weighted by Gasteiger charge is -2.10. The minimum Gasteiger partial charge on any atom is -0.265 e. The summed E-state index contributed by atoms with van der Waals surface area (Å²) >= 11 is 0. The van der Waals surface area contributed by atoms with E-state index in [2.05, 4.69) is 17.2 Å². The number of benzene rings is 2. The van der Waals surface area contributed by atoms with E-state index < -0.39 is 0 Å². The Hall–Kier alpha value is -3.21. The van der Waals surface area contributed by atoms with E-state index in [9.17, 15) is 4.79 Å². The SMILES string of the molecule is O=c1c2c(cnn2-c2ccccc2)c(C2CC2)nn1CCc1ccccc1. The predicted octanol–water partition coefficient (Wildman–Crippen LogP) is 3.70. The van der Waals surface area contributed by atoms with Crippen LogP contribution >= 0.6 is 0 Å². The molecule has 2 heterocycles. The third-order valence-corrected chi connectivity index (χ3v) is 5.13. The van der Waals surface area contributed by atoms with Gasteiger partial charge in [0.05, 0.1) is 17.6 Å². The monoisotopic (exact) mass is 356 g/mol. The molecule has 1 aliphatic rings. The topological polar surface area (TPSA) is 52.7 Å². The fourth-order valence-electron chi connectivity index (χ4n) is 3.55. The van der Waals surface area contributed by atoms with Crippen LogP contribution in [0.3, 0.4) is 0 Å². The van der Waals surface area contributed by atoms with Crippen molar-refractivity contribution in [3.05, 3.63) is 88.5 Å². The van der Waals surface area contributed by atoms with E-state index in [1.54, 1.807) is 15.6 Å². The molecule has 5 nitrogen and oxygen atoms in total. The molecule has 1 saturated carbocycles. The summed E-state index contributed by atoms with van der Waals surface area (Å²) in [6, 6.07) is 20.0. The van der Waals surface area contributed by atoms with Gasteiger partial charge in [-0.25, -0.2) is 9.36 Å². The maximum absolute atomic E-state index is 13.2. The standard InChI is InChI=1S/C22H20N4O/c27-22-21-19(15-23-26(21)18-9-5-2-6-10-18)20(17-11-12-17)24-25(22)14-13-16-7-3-1-4-8-16/h1-10,15,17H,11-14H2. The molecule has 0 unspecified atom stereocenters. The zero-order valence-electron chi connectivity index (χ0n) is 15.0. The minimum atomic E-state index is -0.0771. The van der Waals surface area contributed by atoms with Crippen molar-refractivity contribution < 1.29 is 0 Å². The lowest BCUT2D eigenvalue weighted by molar-refractivity contribution is 0.570.